The molecule has 2 aliphatic heterocycles. The number of carbonyl (C=O) groups is 2. The molecule has 1 N–H and O–H groups in total. The number of benzene rings is 2. The summed E-state index contributed by atoms with van der Waals surface area (Å²) in [6.07, 6.45) is 0. The number of halogens is 2. The first-order valence-corrected chi connectivity index (χ1v) is 11.2. The summed E-state index contributed by atoms with van der Waals surface area (Å²) in [6, 6.07) is 12.7. The molecule has 146 valence electrons. The molecular formula is C20H12ClFN2O2S3. The van der Waals surface area contributed by atoms with Gasteiger partial charge in [0.2, 0.25) is 11.8 Å². The maximum absolute atomic E-state index is 13.5. The fraction of sp³-hybridized carbons (Fsp3) is 0.150. The number of aromatic nitrogens is 1. The Morgan fingerprint density at radius 3 is 2.41 bits per heavy atom. The number of thioether (sulfide) groups is 1. The van der Waals surface area contributed by atoms with Crippen molar-refractivity contribution in [2.24, 2.45) is 5.92 Å². The van der Waals surface area contributed by atoms with Crippen LogP contribution in [0.2, 0.25) is 5.02 Å². The van der Waals surface area contributed by atoms with E-state index in [4.69, 9.17) is 23.8 Å². The number of carbonyl (C=O) groups excluding carboxylic acids is 2. The Kier molecular flexibility index (Phi) is 4.62. The van der Waals surface area contributed by atoms with Crippen molar-refractivity contribution in [1.82, 2.24) is 4.98 Å². The second kappa shape index (κ2) is 7.05. The van der Waals surface area contributed by atoms with Gasteiger partial charge in [-0.2, -0.15) is 0 Å². The predicted octanol–water partition coefficient (Wildman–Crippen LogP) is 5.39. The lowest BCUT2D eigenvalue weighted by atomic mass is 9.83. The summed E-state index contributed by atoms with van der Waals surface area (Å²) in [5.74, 6) is -1.86. The van der Waals surface area contributed by atoms with E-state index in [0.29, 0.717) is 14.7 Å². The standard InChI is InChI=1S/C20H12ClFN2O2S3/c21-10-3-7-12(8-4-10)24-18(25)14-13(9-1-5-11(22)6-2-9)15-17(23-20(27)29-15)28-16(14)19(24)26/h1-8,13-14,16H,(H,23,27). The Morgan fingerprint density at radius 1 is 1.03 bits per heavy atom. The van der Waals surface area contributed by atoms with E-state index in [2.05, 4.69) is 4.98 Å². The zero-order valence-electron chi connectivity index (χ0n) is 14.6. The van der Waals surface area contributed by atoms with Crippen molar-refractivity contribution in [1.29, 1.82) is 0 Å². The lowest BCUT2D eigenvalue weighted by Gasteiger charge is -2.29. The zero-order valence-corrected chi connectivity index (χ0v) is 17.8. The third kappa shape index (κ3) is 3.06. The third-order valence-electron chi connectivity index (χ3n) is 5.14. The minimum Gasteiger partial charge on any atom is -0.332 e. The molecule has 0 aliphatic carbocycles. The van der Waals surface area contributed by atoms with Crippen molar-refractivity contribution in [3.05, 3.63) is 73.8 Å². The van der Waals surface area contributed by atoms with Crippen LogP contribution >= 0.6 is 46.9 Å². The first kappa shape index (κ1) is 19.0. The monoisotopic (exact) mass is 462 g/mol. The van der Waals surface area contributed by atoms with E-state index in [1.165, 1.54) is 40.1 Å². The van der Waals surface area contributed by atoms with Crippen molar-refractivity contribution < 1.29 is 14.0 Å². The molecule has 1 aromatic heterocycles. The number of aromatic amines is 1. The number of fused-ring (bicyclic) bond motifs is 2. The van der Waals surface area contributed by atoms with Gasteiger partial charge in [-0.05, 0) is 54.2 Å². The van der Waals surface area contributed by atoms with Gasteiger partial charge in [-0.25, -0.2) is 9.29 Å². The molecular weight excluding hydrogens is 451 g/mol. The SMILES string of the molecule is O=C1C2Sc3[nH]c(=S)sc3C(c3ccc(F)cc3)C2C(=O)N1c1ccc(Cl)cc1. The lowest BCUT2D eigenvalue weighted by Crippen LogP contribution is -2.32. The van der Waals surface area contributed by atoms with Gasteiger partial charge in [-0.15, -0.1) is 11.3 Å². The second-order valence-electron chi connectivity index (χ2n) is 6.79. The summed E-state index contributed by atoms with van der Waals surface area (Å²) in [6.45, 7) is 0. The number of anilines is 1. The molecule has 29 heavy (non-hydrogen) atoms. The van der Waals surface area contributed by atoms with Crippen LogP contribution in [0.4, 0.5) is 10.1 Å². The van der Waals surface area contributed by atoms with Gasteiger partial charge in [-0.3, -0.25) is 9.59 Å². The van der Waals surface area contributed by atoms with E-state index in [1.807, 2.05) is 0 Å². The second-order valence-corrected chi connectivity index (χ2v) is 10.1. The number of hydrogen-bond acceptors (Lipinski definition) is 5. The van der Waals surface area contributed by atoms with Crippen molar-refractivity contribution >= 4 is 64.4 Å². The maximum atomic E-state index is 13.5. The quantitative estimate of drug-likeness (QED) is 0.409. The first-order valence-electron chi connectivity index (χ1n) is 8.72. The van der Waals surface area contributed by atoms with Gasteiger partial charge in [-0.1, -0.05) is 35.5 Å². The Bertz CT molecular complexity index is 1190. The number of nitrogens with one attached hydrogen (secondary N) is 1. The van der Waals surface area contributed by atoms with E-state index in [-0.39, 0.29) is 23.5 Å². The summed E-state index contributed by atoms with van der Waals surface area (Å²) >= 11 is 14.0. The summed E-state index contributed by atoms with van der Waals surface area (Å²) in [4.78, 5) is 32.0. The summed E-state index contributed by atoms with van der Waals surface area (Å²) in [7, 11) is 0. The average molecular weight is 463 g/mol. The summed E-state index contributed by atoms with van der Waals surface area (Å²) < 4.78 is 14.1. The average Bonchev–Trinajstić information content (AvgIpc) is 3.19. The Labute approximate surface area is 183 Å². The molecule has 1 fully saturated rings. The molecule has 0 radical (unpaired) electrons. The van der Waals surface area contributed by atoms with Crippen molar-refractivity contribution in [3.8, 4) is 0 Å². The highest BCUT2D eigenvalue weighted by atomic mass is 35.5. The van der Waals surface area contributed by atoms with Crippen LogP contribution in [0, 0.1) is 15.7 Å². The fourth-order valence-electron chi connectivity index (χ4n) is 3.89. The largest absolute Gasteiger partial charge is 0.332 e. The zero-order chi connectivity index (χ0) is 20.3. The normalized spacial score (nSPS) is 23.2. The minimum absolute atomic E-state index is 0.268. The highest BCUT2D eigenvalue weighted by Gasteiger charge is 2.56. The van der Waals surface area contributed by atoms with Crippen LogP contribution in [0.25, 0.3) is 0 Å². The van der Waals surface area contributed by atoms with Gasteiger partial charge in [0, 0.05) is 15.8 Å². The molecule has 2 amide bonds. The molecule has 3 aromatic rings. The van der Waals surface area contributed by atoms with Crippen molar-refractivity contribution in [2.75, 3.05) is 4.90 Å². The van der Waals surface area contributed by atoms with Crippen molar-refractivity contribution in [2.45, 2.75) is 16.2 Å². The number of H-pyrrole nitrogens is 1. The topological polar surface area (TPSA) is 53.2 Å². The van der Waals surface area contributed by atoms with Crippen LogP contribution in [0.3, 0.4) is 0 Å². The molecule has 0 saturated carbocycles. The smallest absolute Gasteiger partial charge is 0.248 e. The van der Waals surface area contributed by atoms with Crippen LogP contribution in [0.1, 0.15) is 16.4 Å². The Balaban J connectivity index is 1.64. The maximum Gasteiger partial charge on any atom is 0.248 e. The van der Waals surface area contributed by atoms with Crippen LogP contribution in [-0.4, -0.2) is 22.0 Å². The number of hydrogen-bond donors (Lipinski definition) is 1. The molecule has 2 aliphatic rings. The molecule has 9 heteroatoms. The lowest BCUT2D eigenvalue weighted by molar-refractivity contribution is -0.122. The van der Waals surface area contributed by atoms with Gasteiger partial charge in [0.15, 0.2) is 3.95 Å². The number of thiazole rings is 1. The number of nitrogens with zero attached hydrogens (tertiary/aromatic N) is 1. The molecule has 3 heterocycles. The van der Waals surface area contributed by atoms with E-state index in [1.54, 1.807) is 36.4 Å². The van der Waals surface area contributed by atoms with Crippen molar-refractivity contribution in [3.63, 3.8) is 0 Å². The molecule has 4 nitrogen and oxygen atoms in total. The van der Waals surface area contributed by atoms with E-state index < -0.39 is 11.2 Å². The molecule has 1 saturated heterocycles. The molecule has 3 atom stereocenters. The van der Waals surface area contributed by atoms with E-state index in [0.717, 1.165) is 15.5 Å². The van der Waals surface area contributed by atoms with Gasteiger partial charge in [0.05, 0.1) is 16.6 Å². The number of amides is 2. The van der Waals surface area contributed by atoms with Gasteiger partial charge in [0.1, 0.15) is 11.1 Å². The van der Waals surface area contributed by atoms with Crippen LogP contribution < -0.4 is 4.90 Å². The fourth-order valence-corrected chi connectivity index (χ4v) is 6.98. The van der Waals surface area contributed by atoms with E-state index in [9.17, 15) is 14.0 Å². The molecule has 0 spiro atoms. The van der Waals surface area contributed by atoms with Gasteiger partial charge in [0.25, 0.3) is 0 Å². The molecule has 3 unspecified atom stereocenters. The number of imide groups is 1. The number of rotatable bonds is 2. The summed E-state index contributed by atoms with van der Waals surface area (Å²) in [5.41, 5.74) is 1.28. The Morgan fingerprint density at radius 2 is 1.72 bits per heavy atom. The molecule has 5 rings (SSSR count). The van der Waals surface area contributed by atoms with Gasteiger partial charge < -0.3 is 4.98 Å². The minimum atomic E-state index is -0.595. The first-order chi connectivity index (χ1) is 13.9. The molecule has 0 bridgehead atoms. The third-order valence-corrected chi connectivity index (χ3v) is 8.14. The van der Waals surface area contributed by atoms with Gasteiger partial charge >= 0.3 is 0 Å². The van der Waals surface area contributed by atoms with Crippen LogP contribution in [-0.2, 0) is 9.59 Å². The van der Waals surface area contributed by atoms with E-state index >= 15 is 0 Å². The van der Waals surface area contributed by atoms with Crippen LogP contribution in [0.15, 0.2) is 53.6 Å². The highest BCUT2D eigenvalue weighted by molar-refractivity contribution is 8.01. The Hall–Kier alpha value is -2.00. The predicted molar refractivity (Wildman–Crippen MR) is 115 cm³/mol. The summed E-state index contributed by atoms with van der Waals surface area (Å²) in [5, 5.41) is 0.745. The van der Waals surface area contributed by atoms with Crippen LogP contribution in [0.5, 0.6) is 0 Å². The highest BCUT2D eigenvalue weighted by Crippen LogP contribution is 2.53. The molecule has 2 aromatic carbocycles.